The van der Waals surface area contributed by atoms with Gasteiger partial charge < -0.3 is 19.9 Å². The second-order valence-corrected chi connectivity index (χ2v) is 5.64. The Morgan fingerprint density at radius 1 is 1.10 bits per heavy atom. The summed E-state index contributed by atoms with van der Waals surface area (Å²) in [6.07, 6.45) is 0. The maximum absolute atomic E-state index is 12.1. The molecular formula is C15H12INO4. The van der Waals surface area contributed by atoms with Crippen LogP contribution in [-0.4, -0.2) is 24.2 Å². The summed E-state index contributed by atoms with van der Waals surface area (Å²) in [4.78, 5) is 12.1. The number of rotatable bonds is 2. The van der Waals surface area contributed by atoms with Crippen LogP contribution in [0.15, 0.2) is 36.4 Å². The van der Waals surface area contributed by atoms with Gasteiger partial charge in [-0.05, 0) is 52.9 Å². The number of amides is 1. The first-order valence-corrected chi connectivity index (χ1v) is 7.41. The number of hydrogen-bond acceptors (Lipinski definition) is 4. The molecule has 0 aromatic heterocycles. The molecule has 0 fully saturated rings. The van der Waals surface area contributed by atoms with Gasteiger partial charge in [0.1, 0.15) is 19.0 Å². The minimum atomic E-state index is -0.293. The van der Waals surface area contributed by atoms with Gasteiger partial charge >= 0.3 is 0 Å². The first-order chi connectivity index (χ1) is 10.1. The van der Waals surface area contributed by atoms with Crippen LogP contribution >= 0.6 is 22.6 Å². The first kappa shape index (κ1) is 14.0. The molecule has 1 heterocycles. The number of ether oxygens (including phenoxy) is 2. The third-order valence-corrected chi connectivity index (χ3v) is 3.92. The van der Waals surface area contributed by atoms with Crippen LogP contribution in [0, 0.1) is 3.57 Å². The Balaban J connectivity index is 1.79. The van der Waals surface area contributed by atoms with Crippen molar-refractivity contribution in [2.45, 2.75) is 0 Å². The second-order valence-electron chi connectivity index (χ2n) is 4.48. The quantitative estimate of drug-likeness (QED) is 0.765. The predicted octanol–water partition coefficient (Wildman–Crippen LogP) is 3.02. The van der Waals surface area contributed by atoms with Crippen LogP contribution in [-0.2, 0) is 0 Å². The van der Waals surface area contributed by atoms with Crippen LogP contribution in [0.2, 0.25) is 0 Å². The Bertz CT molecular complexity index is 702. The van der Waals surface area contributed by atoms with E-state index in [2.05, 4.69) is 5.32 Å². The number of phenolic OH excluding ortho intramolecular Hbond substituents is 1. The third-order valence-electron chi connectivity index (χ3n) is 3.01. The van der Waals surface area contributed by atoms with Crippen molar-refractivity contribution in [3.05, 3.63) is 45.5 Å². The van der Waals surface area contributed by atoms with Gasteiger partial charge in [-0.15, -0.1) is 0 Å². The maximum atomic E-state index is 12.1. The predicted molar refractivity (Wildman–Crippen MR) is 86.2 cm³/mol. The molecule has 5 nitrogen and oxygen atoms in total. The zero-order chi connectivity index (χ0) is 14.8. The zero-order valence-corrected chi connectivity index (χ0v) is 13.1. The molecule has 1 aliphatic heterocycles. The molecule has 6 heteroatoms. The van der Waals surface area contributed by atoms with E-state index in [0.29, 0.717) is 39.5 Å². The number of aromatic hydroxyl groups is 1. The Kier molecular flexibility index (Phi) is 3.87. The SMILES string of the molecule is O=C(Nc1ccc2c(c1)OCCO2)c1ccc(I)c(O)c1. The van der Waals surface area contributed by atoms with Crippen LogP contribution in [0.3, 0.4) is 0 Å². The van der Waals surface area contributed by atoms with E-state index >= 15 is 0 Å². The van der Waals surface area contributed by atoms with Gasteiger partial charge in [0, 0.05) is 17.3 Å². The van der Waals surface area contributed by atoms with Crippen molar-refractivity contribution in [1.29, 1.82) is 0 Å². The monoisotopic (exact) mass is 397 g/mol. The Morgan fingerprint density at radius 3 is 2.62 bits per heavy atom. The molecule has 0 unspecified atom stereocenters. The molecule has 1 aliphatic rings. The molecular weight excluding hydrogens is 385 g/mol. The molecule has 0 aliphatic carbocycles. The minimum absolute atomic E-state index is 0.0884. The number of carbonyl (C=O) groups is 1. The van der Waals surface area contributed by atoms with Gasteiger partial charge in [-0.1, -0.05) is 0 Å². The molecule has 0 bridgehead atoms. The number of carbonyl (C=O) groups excluding carboxylic acids is 1. The number of nitrogens with one attached hydrogen (secondary N) is 1. The summed E-state index contributed by atoms with van der Waals surface area (Å²) in [6.45, 7) is 1.02. The van der Waals surface area contributed by atoms with E-state index in [-0.39, 0.29) is 11.7 Å². The molecule has 0 atom stereocenters. The molecule has 1 amide bonds. The number of phenols is 1. The van der Waals surface area contributed by atoms with Gasteiger partial charge in [0.15, 0.2) is 11.5 Å². The normalized spacial score (nSPS) is 12.8. The van der Waals surface area contributed by atoms with Crippen molar-refractivity contribution in [2.75, 3.05) is 18.5 Å². The van der Waals surface area contributed by atoms with Crippen LogP contribution in [0.1, 0.15) is 10.4 Å². The van der Waals surface area contributed by atoms with E-state index in [1.54, 1.807) is 30.3 Å². The lowest BCUT2D eigenvalue weighted by Gasteiger charge is -2.19. The van der Waals surface area contributed by atoms with Gasteiger partial charge in [0.25, 0.3) is 5.91 Å². The van der Waals surface area contributed by atoms with E-state index < -0.39 is 0 Å². The summed E-state index contributed by atoms with van der Waals surface area (Å²) in [5, 5.41) is 12.4. The fourth-order valence-corrected chi connectivity index (χ4v) is 2.31. The van der Waals surface area contributed by atoms with E-state index in [1.807, 2.05) is 22.6 Å². The number of fused-ring (bicyclic) bond motifs is 1. The Hall–Kier alpha value is -1.96. The summed E-state index contributed by atoms with van der Waals surface area (Å²) in [5.41, 5.74) is 1.00. The van der Waals surface area contributed by atoms with E-state index in [9.17, 15) is 9.90 Å². The van der Waals surface area contributed by atoms with E-state index in [4.69, 9.17) is 9.47 Å². The fourth-order valence-electron chi connectivity index (χ4n) is 1.98. The minimum Gasteiger partial charge on any atom is -0.507 e. The highest BCUT2D eigenvalue weighted by atomic mass is 127. The molecule has 2 aromatic carbocycles. The third kappa shape index (κ3) is 3.05. The van der Waals surface area contributed by atoms with Crippen molar-refractivity contribution in [3.8, 4) is 17.2 Å². The molecule has 2 aromatic rings. The zero-order valence-electron chi connectivity index (χ0n) is 10.9. The number of benzene rings is 2. The Morgan fingerprint density at radius 2 is 1.86 bits per heavy atom. The lowest BCUT2D eigenvalue weighted by molar-refractivity contribution is 0.102. The molecule has 21 heavy (non-hydrogen) atoms. The van der Waals surface area contributed by atoms with Crippen molar-refractivity contribution < 1.29 is 19.4 Å². The highest BCUT2D eigenvalue weighted by Gasteiger charge is 2.14. The average Bonchev–Trinajstić information content (AvgIpc) is 2.50. The highest BCUT2D eigenvalue weighted by Crippen LogP contribution is 2.32. The smallest absolute Gasteiger partial charge is 0.255 e. The van der Waals surface area contributed by atoms with Crippen LogP contribution in [0.5, 0.6) is 17.2 Å². The van der Waals surface area contributed by atoms with Crippen molar-refractivity contribution in [2.24, 2.45) is 0 Å². The molecule has 0 saturated heterocycles. The number of hydrogen-bond donors (Lipinski definition) is 2. The van der Waals surface area contributed by atoms with E-state index in [0.717, 1.165) is 0 Å². The molecule has 0 saturated carbocycles. The number of halogens is 1. The van der Waals surface area contributed by atoms with Crippen LogP contribution < -0.4 is 14.8 Å². The molecule has 2 N–H and O–H groups in total. The fraction of sp³-hybridized carbons (Fsp3) is 0.133. The maximum Gasteiger partial charge on any atom is 0.255 e. The van der Waals surface area contributed by atoms with Gasteiger partial charge in [-0.3, -0.25) is 4.79 Å². The summed E-state index contributed by atoms with van der Waals surface area (Å²) in [6, 6.07) is 10.0. The van der Waals surface area contributed by atoms with Gasteiger partial charge in [-0.2, -0.15) is 0 Å². The van der Waals surface area contributed by atoms with Gasteiger partial charge in [-0.25, -0.2) is 0 Å². The summed E-state index contributed by atoms with van der Waals surface area (Å²) < 4.78 is 11.6. The molecule has 3 rings (SSSR count). The Labute approximate surface area is 135 Å². The molecule has 0 radical (unpaired) electrons. The topological polar surface area (TPSA) is 67.8 Å². The standard InChI is InChI=1S/C15H12INO4/c16-11-3-1-9(7-12(11)18)15(19)17-10-2-4-13-14(8-10)21-6-5-20-13/h1-4,7-8,18H,5-6H2,(H,17,19). The van der Waals surface area contributed by atoms with Gasteiger partial charge in [0.05, 0.1) is 3.57 Å². The average molecular weight is 397 g/mol. The largest absolute Gasteiger partial charge is 0.507 e. The first-order valence-electron chi connectivity index (χ1n) is 6.33. The van der Waals surface area contributed by atoms with Crippen LogP contribution in [0.4, 0.5) is 5.69 Å². The van der Waals surface area contributed by atoms with Crippen LogP contribution in [0.25, 0.3) is 0 Å². The summed E-state index contributed by atoms with van der Waals surface area (Å²) in [7, 11) is 0. The summed E-state index contributed by atoms with van der Waals surface area (Å²) >= 11 is 2.00. The van der Waals surface area contributed by atoms with Crippen molar-refractivity contribution >= 4 is 34.2 Å². The van der Waals surface area contributed by atoms with Gasteiger partial charge in [0.2, 0.25) is 0 Å². The van der Waals surface area contributed by atoms with E-state index in [1.165, 1.54) is 6.07 Å². The van der Waals surface area contributed by atoms with Crippen molar-refractivity contribution in [1.82, 2.24) is 0 Å². The molecule has 0 spiro atoms. The van der Waals surface area contributed by atoms with Crippen molar-refractivity contribution in [3.63, 3.8) is 0 Å². The lowest BCUT2D eigenvalue weighted by atomic mass is 10.2. The molecule has 108 valence electrons. The lowest BCUT2D eigenvalue weighted by Crippen LogP contribution is -2.16. The second kappa shape index (κ2) is 5.80. The number of anilines is 1. The highest BCUT2D eigenvalue weighted by molar-refractivity contribution is 14.1. The summed E-state index contributed by atoms with van der Waals surface area (Å²) in [5.74, 6) is 1.08.